The molecule has 1 saturated carbocycles. The Morgan fingerprint density at radius 2 is 2.00 bits per heavy atom. The average molecular weight is 388 g/mol. The fourth-order valence-electron chi connectivity index (χ4n) is 3.06. The molecule has 2 fully saturated rings. The molecule has 0 bridgehead atoms. The molecular weight excluding hydrogens is 373 g/mol. The van der Waals surface area contributed by atoms with Crippen LogP contribution in [-0.4, -0.2) is 55.3 Å². The quantitative estimate of drug-likeness (QED) is 0.851. The van der Waals surface area contributed by atoms with Crippen LogP contribution in [-0.2, 0) is 16.1 Å². The minimum atomic E-state index is -4.98. The van der Waals surface area contributed by atoms with Gasteiger partial charge in [0.1, 0.15) is 11.0 Å². The van der Waals surface area contributed by atoms with Gasteiger partial charge in [-0.15, -0.1) is 10.2 Å². The second-order valence-electron chi connectivity index (χ2n) is 6.39. The van der Waals surface area contributed by atoms with Crippen LogP contribution >= 0.6 is 11.3 Å². The van der Waals surface area contributed by atoms with Gasteiger partial charge in [0.25, 0.3) is 0 Å². The summed E-state index contributed by atoms with van der Waals surface area (Å²) in [6.07, 6.45) is -2.30. The topological polar surface area (TPSA) is 92.5 Å². The summed E-state index contributed by atoms with van der Waals surface area (Å²) < 4.78 is 39.5. The lowest BCUT2D eigenvalue weighted by atomic mass is 10.2. The minimum absolute atomic E-state index is 0.0709. The van der Waals surface area contributed by atoms with E-state index in [-0.39, 0.29) is 19.5 Å². The molecular formula is C14H15F3N6O2S. The third kappa shape index (κ3) is 3.13. The first-order valence-electron chi connectivity index (χ1n) is 8.21. The Kier molecular flexibility index (Phi) is 4.09. The molecule has 1 atom stereocenters. The predicted molar refractivity (Wildman–Crippen MR) is 83.3 cm³/mol. The van der Waals surface area contributed by atoms with E-state index in [4.69, 9.17) is 0 Å². The molecule has 2 amide bonds. The van der Waals surface area contributed by atoms with Crippen molar-refractivity contribution < 1.29 is 22.8 Å². The number of amides is 2. The molecule has 0 spiro atoms. The van der Waals surface area contributed by atoms with E-state index in [1.807, 2.05) is 0 Å². The second kappa shape index (κ2) is 6.18. The van der Waals surface area contributed by atoms with Gasteiger partial charge in [-0.3, -0.25) is 9.59 Å². The number of fused-ring (bicyclic) bond motifs is 1. The molecule has 4 rings (SSSR count). The molecule has 1 aliphatic heterocycles. The minimum Gasteiger partial charge on any atom is -0.348 e. The highest BCUT2D eigenvalue weighted by molar-refractivity contribution is 7.16. The summed E-state index contributed by atoms with van der Waals surface area (Å²) in [5.74, 6) is -1.40. The zero-order valence-corrected chi connectivity index (χ0v) is 14.3. The standard InChI is InChI=1S/C14H15F3N6O2S/c15-14(16,17)12(25)22-5-1-2-8(22)11(24)18-6-9-21-23-10(7-3-4-7)19-20-13(23)26-9/h7-8H,1-6H2,(H,18,24). The van der Waals surface area contributed by atoms with E-state index in [9.17, 15) is 22.8 Å². The second-order valence-corrected chi connectivity index (χ2v) is 7.44. The Hall–Kier alpha value is -2.24. The van der Waals surface area contributed by atoms with Gasteiger partial charge in [-0.25, -0.2) is 0 Å². The molecule has 0 radical (unpaired) electrons. The molecule has 2 aromatic rings. The molecule has 1 N–H and O–H groups in total. The third-order valence-electron chi connectivity index (χ3n) is 4.47. The van der Waals surface area contributed by atoms with Crippen molar-refractivity contribution in [1.29, 1.82) is 0 Å². The number of hydrogen-bond donors (Lipinski definition) is 1. The molecule has 140 valence electrons. The third-order valence-corrected chi connectivity index (χ3v) is 5.37. The molecule has 1 unspecified atom stereocenters. The number of rotatable bonds is 4. The number of likely N-dealkylation sites (tertiary alicyclic amines) is 1. The molecule has 8 nitrogen and oxygen atoms in total. The maximum atomic E-state index is 12.6. The van der Waals surface area contributed by atoms with Crippen molar-refractivity contribution in [2.24, 2.45) is 0 Å². The monoisotopic (exact) mass is 388 g/mol. The molecule has 0 aromatic carbocycles. The average Bonchev–Trinajstić information content (AvgIpc) is 3.02. The Balaban J connectivity index is 1.41. The van der Waals surface area contributed by atoms with E-state index in [2.05, 4.69) is 20.6 Å². The molecule has 3 heterocycles. The summed E-state index contributed by atoms with van der Waals surface area (Å²) in [5.41, 5.74) is 0. The number of nitrogens with zero attached hydrogens (tertiary/aromatic N) is 5. The van der Waals surface area contributed by atoms with Crippen molar-refractivity contribution in [3.8, 4) is 0 Å². The van der Waals surface area contributed by atoms with E-state index < -0.39 is 24.0 Å². The van der Waals surface area contributed by atoms with Crippen LogP contribution in [0.5, 0.6) is 0 Å². The van der Waals surface area contributed by atoms with Gasteiger partial charge in [-0.05, 0) is 25.7 Å². The maximum absolute atomic E-state index is 12.6. The first-order valence-corrected chi connectivity index (χ1v) is 9.03. The highest BCUT2D eigenvalue weighted by atomic mass is 32.1. The largest absolute Gasteiger partial charge is 0.471 e. The number of carbonyl (C=O) groups excluding carboxylic acids is 2. The van der Waals surface area contributed by atoms with Crippen molar-refractivity contribution in [2.45, 2.75) is 50.4 Å². The van der Waals surface area contributed by atoms with Gasteiger partial charge >= 0.3 is 12.1 Å². The van der Waals surface area contributed by atoms with Gasteiger partial charge in [0, 0.05) is 12.5 Å². The van der Waals surface area contributed by atoms with Gasteiger partial charge in [-0.2, -0.15) is 22.8 Å². The number of halogens is 3. The number of aromatic nitrogens is 4. The first kappa shape index (κ1) is 17.2. The van der Waals surface area contributed by atoms with Crippen LogP contribution in [0.25, 0.3) is 4.96 Å². The molecule has 2 aromatic heterocycles. The van der Waals surface area contributed by atoms with Gasteiger partial charge in [0.2, 0.25) is 10.9 Å². The fourth-order valence-corrected chi connectivity index (χ4v) is 3.85. The smallest absolute Gasteiger partial charge is 0.348 e. The highest BCUT2D eigenvalue weighted by Crippen LogP contribution is 2.39. The van der Waals surface area contributed by atoms with Crippen molar-refractivity contribution in [2.75, 3.05) is 6.54 Å². The zero-order valence-electron chi connectivity index (χ0n) is 13.5. The van der Waals surface area contributed by atoms with Gasteiger partial charge in [0.15, 0.2) is 5.82 Å². The Bertz CT molecular complexity index is 859. The van der Waals surface area contributed by atoms with Crippen molar-refractivity contribution in [3.63, 3.8) is 0 Å². The van der Waals surface area contributed by atoms with Crippen LogP contribution in [0.2, 0.25) is 0 Å². The highest BCUT2D eigenvalue weighted by Gasteiger charge is 2.47. The molecule has 1 saturated heterocycles. The normalized spacial score (nSPS) is 20.7. The summed E-state index contributed by atoms with van der Waals surface area (Å²) in [6.45, 7) is -0.000558. The molecule has 12 heteroatoms. The Morgan fingerprint density at radius 3 is 2.69 bits per heavy atom. The van der Waals surface area contributed by atoms with Crippen LogP contribution in [0.3, 0.4) is 0 Å². The SMILES string of the molecule is O=C(NCc1nn2c(C3CC3)nnc2s1)C1CCCN1C(=O)C(F)(F)F. The van der Waals surface area contributed by atoms with Gasteiger partial charge < -0.3 is 10.2 Å². The van der Waals surface area contributed by atoms with Gasteiger partial charge in [-0.1, -0.05) is 11.3 Å². The van der Waals surface area contributed by atoms with Crippen molar-refractivity contribution in [1.82, 2.24) is 30.0 Å². The van der Waals surface area contributed by atoms with E-state index in [0.29, 0.717) is 27.2 Å². The van der Waals surface area contributed by atoms with Crippen LogP contribution in [0.1, 0.15) is 42.4 Å². The van der Waals surface area contributed by atoms with E-state index in [0.717, 1.165) is 18.7 Å². The summed E-state index contributed by atoms with van der Waals surface area (Å²) in [6, 6.07) is -1.10. The summed E-state index contributed by atoms with van der Waals surface area (Å²) >= 11 is 1.26. The van der Waals surface area contributed by atoms with Crippen molar-refractivity contribution in [3.05, 3.63) is 10.8 Å². The lowest BCUT2D eigenvalue weighted by Crippen LogP contribution is -2.50. The van der Waals surface area contributed by atoms with Crippen LogP contribution in [0, 0.1) is 0 Å². The van der Waals surface area contributed by atoms with E-state index in [1.54, 1.807) is 4.52 Å². The Morgan fingerprint density at radius 1 is 1.23 bits per heavy atom. The molecule has 26 heavy (non-hydrogen) atoms. The predicted octanol–water partition coefficient (Wildman–Crippen LogP) is 1.23. The number of carbonyl (C=O) groups is 2. The maximum Gasteiger partial charge on any atom is 0.471 e. The number of nitrogens with one attached hydrogen (secondary N) is 1. The number of alkyl halides is 3. The summed E-state index contributed by atoms with van der Waals surface area (Å²) in [7, 11) is 0. The van der Waals surface area contributed by atoms with Crippen LogP contribution in [0.15, 0.2) is 0 Å². The first-order chi connectivity index (χ1) is 12.3. The van der Waals surface area contributed by atoms with Crippen LogP contribution < -0.4 is 5.32 Å². The van der Waals surface area contributed by atoms with Crippen LogP contribution in [0.4, 0.5) is 13.2 Å². The number of hydrogen-bond acceptors (Lipinski definition) is 6. The molecule has 2 aliphatic rings. The lowest BCUT2D eigenvalue weighted by molar-refractivity contribution is -0.186. The fraction of sp³-hybridized carbons (Fsp3) is 0.643. The lowest BCUT2D eigenvalue weighted by Gasteiger charge is -2.24. The van der Waals surface area contributed by atoms with Gasteiger partial charge in [0.05, 0.1) is 6.54 Å². The molecule has 1 aliphatic carbocycles. The van der Waals surface area contributed by atoms with Crippen molar-refractivity contribution >= 4 is 28.1 Å². The van der Waals surface area contributed by atoms with E-state index >= 15 is 0 Å². The Labute approximate surface area is 149 Å². The summed E-state index contributed by atoms with van der Waals surface area (Å²) in [5, 5.41) is 15.7. The summed E-state index contributed by atoms with van der Waals surface area (Å²) in [4.78, 5) is 24.9. The van der Waals surface area contributed by atoms with E-state index in [1.165, 1.54) is 11.3 Å². The zero-order chi connectivity index (χ0) is 18.5.